The Balaban J connectivity index is 2.40. The van der Waals surface area contributed by atoms with Crippen LogP contribution < -0.4 is 0 Å². The van der Waals surface area contributed by atoms with E-state index in [0.29, 0.717) is 28.3 Å². The third-order valence-corrected chi connectivity index (χ3v) is 3.88. The molecule has 118 valence electrons. The van der Waals surface area contributed by atoms with Crippen LogP contribution in [-0.4, -0.2) is 28.9 Å². The third kappa shape index (κ3) is 2.86. The van der Waals surface area contributed by atoms with Crippen molar-refractivity contribution in [2.75, 3.05) is 7.05 Å². The van der Waals surface area contributed by atoms with Gasteiger partial charge in [0.15, 0.2) is 0 Å². The summed E-state index contributed by atoms with van der Waals surface area (Å²) < 4.78 is 0. The van der Waals surface area contributed by atoms with Crippen LogP contribution in [0.4, 0.5) is 0 Å². The Bertz CT molecular complexity index is 774. The number of nitrogens with zero attached hydrogens (tertiary/aromatic N) is 3. The smallest absolute Gasteiger partial charge is 0.267 e. The molecule has 0 bridgehead atoms. The van der Waals surface area contributed by atoms with Crippen LogP contribution >= 0.6 is 11.6 Å². The van der Waals surface area contributed by atoms with E-state index in [1.165, 1.54) is 23.1 Å². The molecule has 5 nitrogen and oxygen atoms in total. The van der Waals surface area contributed by atoms with Crippen LogP contribution in [0.5, 0.6) is 0 Å². The summed E-state index contributed by atoms with van der Waals surface area (Å²) in [7, 11) is 1.50. The van der Waals surface area contributed by atoms with Crippen molar-refractivity contribution < 1.29 is 9.59 Å². The highest BCUT2D eigenvalue weighted by Crippen LogP contribution is 2.32. The van der Waals surface area contributed by atoms with Crippen molar-refractivity contribution in [2.24, 2.45) is 0 Å². The van der Waals surface area contributed by atoms with E-state index in [9.17, 15) is 14.9 Å². The third-order valence-electron chi connectivity index (χ3n) is 3.65. The number of hydrazine groups is 1. The first-order valence-electron chi connectivity index (χ1n) is 7.14. The molecule has 0 radical (unpaired) electrons. The number of halogens is 1. The summed E-state index contributed by atoms with van der Waals surface area (Å²) in [6, 6.07) is 8.44. The molecule has 1 aromatic rings. The first kappa shape index (κ1) is 16.8. The average molecular weight is 330 g/mol. The number of nitriles is 1. The van der Waals surface area contributed by atoms with Gasteiger partial charge in [0, 0.05) is 23.2 Å². The summed E-state index contributed by atoms with van der Waals surface area (Å²) >= 11 is 5.92. The molecule has 1 heterocycles. The highest BCUT2D eigenvalue weighted by atomic mass is 35.5. The van der Waals surface area contributed by atoms with Crippen LogP contribution in [0.15, 0.2) is 47.2 Å². The molecule has 0 spiro atoms. The second kappa shape index (κ2) is 6.67. The van der Waals surface area contributed by atoms with Crippen LogP contribution in [0.3, 0.4) is 0 Å². The fraction of sp³-hybridized carbons (Fsp3) is 0.235. The Morgan fingerprint density at radius 2 is 2.17 bits per heavy atom. The Morgan fingerprint density at radius 1 is 1.48 bits per heavy atom. The molecule has 0 aromatic heterocycles. The van der Waals surface area contributed by atoms with E-state index in [4.69, 9.17) is 11.6 Å². The van der Waals surface area contributed by atoms with Crippen molar-refractivity contribution in [3.05, 3.63) is 57.8 Å². The molecule has 0 N–H and O–H groups in total. The summed E-state index contributed by atoms with van der Waals surface area (Å²) in [6.45, 7) is 3.63. The van der Waals surface area contributed by atoms with E-state index in [1.54, 1.807) is 31.2 Å². The SMILES string of the molecule is CC=C1C(CC)=C(C#N)C(=O)N1N(C)C(=O)c1cccc(Cl)c1. The van der Waals surface area contributed by atoms with Crippen molar-refractivity contribution in [3.8, 4) is 6.07 Å². The normalized spacial score (nSPS) is 16.0. The predicted molar refractivity (Wildman–Crippen MR) is 87.1 cm³/mol. The largest absolute Gasteiger partial charge is 0.288 e. The lowest BCUT2D eigenvalue weighted by molar-refractivity contribution is -0.132. The molecule has 0 saturated heterocycles. The van der Waals surface area contributed by atoms with Gasteiger partial charge in [-0.2, -0.15) is 5.26 Å². The van der Waals surface area contributed by atoms with Crippen molar-refractivity contribution in [1.29, 1.82) is 5.26 Å². The van der Waals surface area contributed by atoms with Crippen LogP contribution in [0, 0.1) is 11.3 Å². The number of amides is 2. The van der Waals surface area contributed by atoms with E-state index in [1.807, 2.05) is 13.0 Å². The molecule has 0 atom stereocenters. The highest BCUT2D eigenvalue weighted by Gasteiger charge is 2.38. The van der Waals surface area contributed by atoms with Gasteiger partial charge in [0.2, 0.25) is 0 Å². The summed E-state index contributed by atoms with van der Waals surface area (Å²) in [5.74, 6) is -0.870. The molecule has 1 aliphatic heterocycles. The zero-order valence-corrected chi connectivity index (χ0v) is 13.9. The second-order valence-corrected chi connectivity index (χ2v) is 5.39. The van der Waals surface area contributed by atoms with Gasteiger partial charge < -0.3 is 0 Å². The molecule has 2 rings (SSSR count). The lowest BCUT2D eigenvalue weighted by Crippen LogP contribution is -2.44. The van der Waals surface area contributed by atoms with E-state index in [2.05, 4.69) is 0 Å². The van der Waals surface area contributed by atoms with Crippen LogP contribution in [0.1, 0.15) is 30.6 Å². The molecule has 0 saturated carbocycles. The van der Waals surface area contributed by atoms with E-state index < -0.39 is 5.91 Å². The standard InChI is InChI=1S/C17H16ClN3O2/c1-4-13-14(10-19)17(23)21(15(13)5-2)20(3)16(22)11-7-6-8-12(18)9-11/h5-9H,4H2,1-3H3. The quantitative estimate of drug-likeness (QED) is 0.854. The Kier molecular flexibility index (Phi) is 4.87. The molecule has 1 aromatic carbocycles. The van der Waals surface area contributed by atoms with Crippen LogP contribution in [-0.2, 0) is 4.79 Å². The molecule has 0 unspecified atom stereocenters. The number of rotatable bonds is 3. The lowest BCUT2D eigenvalue weighted by atomic mass is 10.1. The molecule has 0 fully saturated rings. The first-order chi connectivity index (χ1) is 11.0. The number of allylic oxidation sites excluding steroid dienone is 2. The van der Waals surface area contributed by atoms with E-state index in [0.717, 1.165) is 0 Å². The monoisotopic (exact) mass is 329 g/mol. The number of hydrogen-bond acceptors (Lipinski definition) is 3. The highest BCUT2D eigenvalue weighted by molar-refractivity contribution is 6.31. The summed E-state index contributed by atoms with van der Waals surface area (Å²) in [5.41, 5.74) is 1.65. The van der Waals surface area contributed by atoms with Crippen molar-refractivity contribution in [3.63, 3.8) is 0 Å². The molecule has 23 heavy (non-hydrogen) atoms. The Hall–Kier alpha value is -2.58. The minimum atomic E-state index is -0.490. The van der Waals surface area contributed by atoms with Gasteiger partial charge in [-0.25, -0.2) is 10.0 Å². The average Bonchev–Trinajstić information content (AvgIpc) is 2.84. The van der Waals surface area contributed by atoms with Crippen molar-refractivity contribution in [1.82, 2.24) is 10.0 Å². The Labute approximate surface area is 140 Å². The number of benzene rings is 1. The first-order valence-corrected chi connectivity index (χ1v) is 7.51. The zero-order chi connectivity index (χ0) is 17.1. The summed E-state index contributed by atoms with van der Waals surface area (Å²) in [6.07, 6.45) is 2.26. The lowest BCUT2D eigenvalue weighted by Gasteiger charge is -2.29. The van der Waals surface area contributed by atoms with Gasteiger partial charge in [0.05, 0.1) is 5.70 Å². The van der Waals surface area contributed by atoms with E-state index >= 15 is 0 Å². The molecular weight excluding hydrogens is 314 g/mol. The zero-order valence-electron chi connectivity index (χ0n) is 13.1. The molecule has 0 aliphatic carbocycles. The molecular formula is C17H16ClN3O2. The topological polar surface area (TPSA) is 64.4 Å². The van der Waals surface area contributed by atoms with Gasteiger partial charge in [0.25, 0.3) is 11.8 Å². The summed E-state index contributed by atoms with van der Waals surface area (Å²) in [4.78, 5) is 25.1. The molecule has 6 heteroatoms. The van der Waals surface area contributed by atoms with Gasteiger partial charge in [-0.1, -0.05) is 30.7 Å². The maximum Gasteiger partial charge on any atom is 0.288 e. The molecule has 1 aliphatic rings. The minimum absolute atomic E-state index is 0.0753. The second-order valence-electron chi connectivity index (χ2n) is 4.95. The molecule has 2 amide bonds. The maximum atomic E-state index is 12.6. The van der Waals surface area contributed by atoms with Gasteiger partial charge in [-0.15, -0.1) is 0 Å². The predicted octanol–water partition coefficient (Wildman–Crippen LogP) is 3.30. The van der Waals surface area contributed by atoms with Crippen LogP contribution in [0.2, 0.25) is 5.02 Å². The van der Waals surface area contributed by atoms with Crippen LogP contribution in [0.25, 0.3) is 0 Å². The van der Waals surface area contributed by atoms with E-state index in [-0.39, 0.29) is 11.5 Å². The fourth-order valence-electron chi connectivity index (χ4n) is 2.57. The number of hydrogen-bond donors (Lipinski definition) is 0. The summed E-state index contributed by atoms with van der Waals surface area (Å²) in [5, 5.41) is 12.1. The van der Waals surface area contributed by atoms with Gasteiger partial charge in [-0.3, -0.25) is 9.59 Å². The van der Waals surface area contributed by atoms with Gasteiger partial charge in [0.1, 0.15) is 11.6 Å². The number of carbonyl (C=O) groups is 2. The fourth-order valence-corrected chi connectivity index (χ4v) is 2.76. The van der Waals surface area contributed by atoms with Crippen molar-refractivity contribution in [2.45, 2.75) is 20.3 Å². The van der Waals surface area contributed by atoms with Crippen molar-refractivity contribution >= 4 is 23.4 Å². The van der Waals surface area contributed by atoms with Gasteiger partial charge in [-0.05, 0) is 31.5 Å². The van der Waals surface area contributed by atoms with Gasteiger partial charge >= 0.3 is 0 Å². The maximum absolute atomic E-state index is 12.6. The minimum Gasteiger partial charge on any atom is -0.267 e. The Morgan fingerprint density at radius 3 is 2.70 bits per heavy atom. The number of carbonyl (C=O) groups excluding carboxylic acids is 2.